The van der Waals surface area contributed by atoms with Gasteiger partial charge in [0.15, 0.2) is 5.82 Å². The highest BCUT2D eigenvalue weighted by molar-refractivity contribution is 7.92. The fourth-order valence-electron chi connectivity index (χ4n) is 2.60. The van der Waals surface area contributed by atoms with E-state index in [1.807, 2.05) is 36.4 Å². The molecule has 1 aromatic carbocycles. The molecule has 0 aliphatic heterocycles. The number of anilines is 1. The summed E-state index contributed by atoms with van der Waals surface area (Å²) in [5.41, 5.74) is 2.61. The largest absolute Gasteiger partial charge is 0.348 e. The molecule has 3 rings (SSSR count). The molecule has 144 valence electrons. The van der Waals surface area contributed by atoms with Crippen LogP contribution in [-0.4, -0.2) is 37.6 Å². The first-order valence-corrected chi connectivity index (χ1v) is 10.4. The Morgan fingerprint density at radius 1 is 1.07 bits per heavy atom. The molecule has 2 aromatic heterocycles. The van der Waals surface area contributed by atoms with E-state index < -0.39 is 15.9 Å². The van der Waals surface area contributed by atoms with Crippen molar-refractivity contribution in [3.05, 3.63) is 78.2 Å². The zero-order chi connectivity index (χ0) is 20.1. The average Bonchev–Trinajstić information content (AvgIpc) is 2.72. The third kappa shape index (κ3) is 4.52. The second kappa shape index (κ2) is 8.18. The molecule has 7 nitrogen and oxygen atoms in total. The number of hydrogen-bond acceptors (Lipinski definition) is 5. The monoisotopic (exact) mass is 396 g/mol. The average molecular weight is 396 g/mol. The lowest BCUT2D eigenvalue weighted by atomic mass is 10.1. The van der Waals surface area contributed by atoms with E-state index in [1.165, 1.54) is 7.05 Å². The number of hydrogen-bond donors (Lipinski definition) is 1. The van der Waals surface area contributed by atoms with E-state index >= 15 is 0 Å². The van der Waals surface area contributed by atoms with Crippen LogP contribution in [0.5, 0.6) is 0 Å². The van der Waals surface area contributed by atoms with Gasteiger partial charge in [0.2, 0.25) is 10.0 Å². The Bertz CT molecular complexity index is 1070. The normalized spacial score (nSPS) is 11.1. The maximum atomic E-state index is 12.9. The number of carbonyl (C=O) groups excluding carboxylic acids is 1. The molecule has 3 aromatic rings. The molecule has 1 amide bonds. The van der Waals surface area contributed by atoms with Gasteiger partial charge in [0, 0.05) is 37.7 Å². The Morgan fingerprint density at radius 2 is 1.82 bits per heavy atom. The number of sulfonamides is 1. The minimum Gasteiger partial charge on any atom is -0.348 e. The van der Waals surface area contributed by atoms with Crippen LogP contribution in [0.1, 0.15) is 15.9 Å². The molecule has 28 heavy (non-hydrogen) atoms. The van der Waals surface area contributed by atoms with Gasteiger partial charge < -0.3 is 5.32 Å². The summed E-state index contributed by atoms with van der Waals surface area (Å²) in [6.07, 6.45) is 5.93. The van der Waals surface area contributed by atoms with E-state index in [4.69, 9.17) is 0 Å². The fourth-order valence-corrected chi connectivity index (χ4v) is 3.06. The van der Waals surface area contributed by atoms with Crippen LogP contribution in [0.2, 0.25) is 0 Å². The lowest BCUT2D eigenvalue weighted by molar-refractivity contribution is 0.0951. The van der Waals surface area contributed by atoms with E-state index in [0.717, 1.165) is 27.3 Å². The minimum atomic E-state index is -3.58. The van der Waals surface area contributed by atoms with E-state index in [0.29, 0.717) is 0 Å². The van der Waals surface area contributed by atoms with E-state index in [9.17, 15) is 13.2 Å². The van der Waals surface area contributed by atoms with Gasteiger partial charge in [-0.3, -0.25) is 14.1 Å². The summed E-state index contributed by atoms with van der Waals surface area (Å²) in [5.74, 6) is -0.342. The highest BCUT2D eigenvalue weighted by atomic mass is 32.2. The fraction of sp³-hybridized carbons (Fsp3) is 0.150. The standard InChI is InChI=1S/C20H20N4O3S/c1-24(28(2,26)27)19-18(20(25)23-13-15-7-6-10-21-12-15)11-17(14-22-19)16-8-4-3-5-9-16/h3-12,14H,13H2,1-2H3,(H,23,25). The van der Waals surface area contributed by atoms with E-state index in [1.54, 1.807) is 30.7 Å². The second-order valence-electron chi connectivity index (χ2n) is 6.24. The molecule has 0 saturated heterocycles. The number of nitrogens with zero attached hydrogens (tertiary/aromatic N) is 3. The number of pyridine rings is 2. The van der Waals surface area contributed by atoms with Crippen molar-refractivity contribution in [1.82, 2.24) is 15.3 Å². The van der Waals surface area contributed by atoms with Crippen molar-refractivity contribution >= 4 is 21.7 Å². The number of rotatable bonds is 6. The third-order valence-corrected chi connectivity index (χ3v) is 5.36. The molecule has 2 heterocycles. The molecule has 0 spiro atoms. The summed E-state index contributed by atoms with van der Waals surface area (Å²) in [6.45, 7) is 0.268. The van der Waals surface area contributed by atoms with Gasteiger partial charge in [-0.2, -0.15) is 0 Å². The molecule has 0 atom stereocenters. The summed E-state index contributed by atoms with van der Waals surface area (Å²) in [7, 11) is -2.20. The number of aromatic nitrogens is 2. The number of nitrogens with one attached hydrogen (secondary N) is 1. The van der Waals surface area contributed by atoms with Crippen LogP contribution in [-0.2, 0) is 16.6 Å². The maximum Gasteiger partial charge on any atom is 0.255 e. The molecule has 8 heteroatoms. The van der Waals surface area contributed by atoms with Gasteiger partial charge in [0.05, 0.1) is 11.8 Å². The van der Waals surface area contributed by atoms with Crippen molar-refractivity contribution in [3.63, 3.8) is 0 Å². The first kappa shape index (κ1) is 19.5. The van der Waals surface area contributed by atoms with Crippen molar-refractivity contribution in [2.75, 3.05) is 17.6 Å². The van der Waals surface area contributed by atoms with Gasteiger partial charge in [-0.1, -0.05) is 36.4 Å². The Kier molecular flexibility index (Phi) is 5.70. The van der Waals surface area contributed by atoms with Crippen LogP contribution in [0, 0.1) is 0 Å². The van der Waals surface area contributed by atoms with Crippen LogP contribution < -0.4 is 9.62 Å². The SMILES string of the molecule is CN(c1ncc(-c2ccccc2)cc1C(=O)NCc1cccnc1)S(C)(=O)=O. The van der Waals surface area contributed by atoms with Gasteiger partial charge in [-0.25, -0.2) is 13.4 Å². The first-order chi connectivity index (χ1) is 13.4. The molecular formula is C20H20N4O3S. The van der Waals surface area contributed by atoms with Gasteiger partial charge in [-0.15, -0.1) is 0 Å². The lowest BCUT2D eigenvalue weighted by Gasteiger charge is -2.19. The predicted molar refractivity (Wildman–Crippen MR) is 108 cm³/mol. The molecule has 0 aliphatic carbocycles. The summed E-state index contributed by atoms with van der Waals surface area (Å²) < 4.78 is 25.0. The van der Waals surface area contributed by atoms with Crippen molar-refractivity contribution in [2.45, 2.75) is 6.54 Å². The van der Waals surface area contributed by atoms with Crippen molar-refractivity contribution in [1.29, 1.82) is 0 Å². The third-order valence-electron chi connectivity index (χ3n) is 4.19. The molecule has 0 saturated carbocycles. The van der Waals surface area contributed by atoms with Crippen molar-refractivity contribution in [3.8, 4) is 11.1 Å². The van der Waals surface area contributed by atoms with Crippen LogP contribution in [0.4, 0.5) is 5.82 Å². The van der Waals surface area contributed by atoms with Crippen LogP contribution in [0.3, 0.4) is 0 Å². The van der Waals surface area contributed by atoms with E-state index in [-0.39, 0.29) is 17.9 Å². The van der Waals surface area contributed by atoms with Crippen LogP contribution in [0.25, 0.3) is 11.1 Å². The molecular weight excluding hydrogens is 376 g/mol. The highest BCUT2D eigenvalue weighted by Crippen LogP contribution is 2.26. The number of carbonyl (C=O) groups is 1. The summed E-state index contributed by atoms with van der Waals surface area (Å²) in [5, 5.41) is 2.80. The van der Waals surface area contributed by atoms with Gasteiger partial charge in [0.1, 0.15) is 0 Å². The summed E-state index contributed by atoms with van der Waals surface area (Å²) in [6, 6.07) is 14.7. The summed E-state index contributed by atoms with van der Waals surface area (Å²) in [4.78, 5) is 21.1. The van der Waals surface area contributed by atoms with E-state index in [2.05, 4.69) is 15.3 Å². The van der Waals surface area contributed by atoms with Crippen molar-refractivity contribution < 1.29 is 13.2 Å². The Balaban J connectivity index is 1.98. The molecule has 0 fully saturated rings. The second-order valence-corrected chi connectivity index (χ2v) is 8.25. The predicted octanol–water partition coefficient (Wildman–Crippen LogP) is 2.47. The van der Waals surface area contributed by atoms with Crippen molar-refractivity contribution in [2.24, 2.45) is 0 Å². The number of benzene rings is 1. The van der Waals surface area contributed by atoms with Gasteiger partial charge in [0.25, 0.3) is 5.91 Å². The van der Waals surface area contributed by atoms with Gasteiger partial charge >= 0.3 is 0 Å². The first-order valence-electron chi connectivity index (χ1n) is 8.53. The van der Waals surface area contributed by atoms with Crippen LogP contribution in [0.15, 0.2) is 67.1 Å². The minimum absolute atomic E-state index is 0.0749. The molecule has 0 aliphatic rings. The Labute approximate surface area is 164 Å². The Hall–Kier alpha value is -3.26. The van der Waals surface area contributed by atoms with Gasteiger partial charge in [-0.05, 0) is 23.3 Å². The van der Waals surface area contributed by atoms with Crippen LogP contribution >= 0.6 is 0 Å². The summed E-state index contributed by atoms with van der Waals surface area (Å²) >= 11 is 0. The molecule has 0 unspecified atom stereocenters. The molecule has 0 bridgehead atoms. The quantitative estimate of drug-likeness (QED) is 0.691. The topological polar surface area (TPSA) is 92.3 Å². The highest BCUT2D eigenvalue weighted by Gasteiger charge is 2.22. The molecule has 0 radical (unpaired) electrons. The Morgan fingerprint density at radius 3 is 2.46 bits per heavy atom. The number of amides is 1. The zero-order valence-corrected chi connectivity index (χ0v) is 16.3. The zero-order valence-electron chi connectivity index (χ0n) is 15.5. The maximum absolute atomic E-state index is 12.9. The molecule has 1 N–H and O–H groups in total. The smallest absolute Gasteiger partial charge is 0.255 e. The lowest BCUT2D eigenvalue weighted by Crippen LogP contribution is -2.30.